The van der Waals surface area contributed by atoms with Gasteiger partial charge in [0.15, 0.2) is 0 Å². The van der Waals surface area contributed by atoms with Crippen molar-refractivity contribution in [2.45, 2.75) is 44.0 Å². The Morgan fingerprint density at radius 3 is 2.78 bits per heavy atom. The van der Waals surface area contributed by atoms with Crippen LogP contribution in [0.1, 0.15) is 38.4 Å². The number of rotatable bonds is 3. The predicted octanol–water partition coefficient (Wildman–Crippen LogP) is 4.20. The number of aromatic nitrogens is 2. The molecule has 0 bridgehead atoms. The van der Waals surface area contributed by atoms with Crippen LogP contribution in [0.25, 0.3) is 11.0 Å². The molecular formula is C14H16ClFN2. The van der Waals surface area contributed by atoms with Gasteiger partial charge in [-0.15, -0.1) is 11.6 Å². The van der Waals surface area contributed by atoms with Gasteiger partial charge < -0.3 is 4.57 Å². The lowest BCUT2D eigenvalue weighted by Crippen LogP contribution is -2.40. The number of imidazole rings is 1. The number of nitrogens with zero attached hydrogens (tertiary/aromatic N) is 2. The summed E-state index contributed by atoms with van der Waals surface area (Å²) in [4.78, 5) is 4.53. The van der Waals surface area contributed by atoms with Crippen LogP contribution in [0.15, 0.2) is 18.2 Å². The normalized spacial score (nSPS) is 17.9. The van der Waals surface area contributed by atoms with Gasteiger partial charge in [-0.2, -0.15) is 0 Å². The molecule has 1 aliphatic carbocycles. The number of benzene rings is 1. The molecule has 0 spiro atoms. The van der Waals surface area contributed by atoms with E-state index in [9.17, 15) is 4.39 Å². The topological polar surface area (TPSA) is 17.8 Å². The molecule has 0 amide bonds. The van der Waals surface area contributed by atoms with Crippen molar-refractivity contribution in [2.75, 3.05) is 0 Å². The molecule has 1 saturated carbocycles. The van der Waals surface area contributed by atoms with E-state index in [1.54, 1.807) is 12.1 Å². The van der Waals surface area contributed by atoms with E-state index < -0.39 is 0 Å². The highest BCUT2D eigenvalue weighted by Crippen LogP contribution is 2.44. The first kappa shape index (κ1) is 12.0. The number of hydrogen-bond donors (Lipinski definition) is 0. The molecule has 1 heterocycles. The zero-order valence-electron chi connectivity index (χ0n) is 10.4. The monoisotopic (exact) mass is 266 g/mol. The maximum absolute atomic E-state index is 13.5. The standard InChI is InChI=1S/C14H16ClFN2/c1-2-14(6-3-7-14)18-12-8-10(16)4-5-11(12)17-13(18)9-15/h4-5,8H,2-3,6-7,9H2,1H3. The summed E-state index contributed by atoms with van der Waals surface area (Å²) in [5.74, 6) is 1.02. The molecule has 3 rings (SSSR count). The SMILES string of the molecule is CCC1(n2c(CCl)nc3ccc(F)cc32)CCC1. The van der Waals surface area contributed by atoms with Crippen molar-refractivity contribution in [3.05, 3.63) is 29.8 Å². The van der Waals surface area contributed by atoms with Crippen LogP contribution in [0.4, 0.5) is 4.39 Å². The molecule has 18 heavy (non-hydrogen) atoms. The second-order valence-corrected chi connectivity index (χ2v) is 5.33. The fourth-order valence-corrected chi connectivity index (χ4v) is 3.22. The van der Waals surface area contributed by atoms with Crippen molar-refractivity contribution >= 4 is 22.6 Å². The third kappa shape index (κ3) is 1.57. The molecular weight excluding hydrogens is 251 g/mol. The summed E-state index contributed by atoms with van der Waals surface area (Å²) in [7, 11) is 0. The first-order valence-corrected chi connectivity index (χ1v) is 6.97. The molecule has 0 unspecified atom stereocenters. The van der Waals surface area contributed by atoms with Gasteiger partial charge in [-0.25, -0.2) is 9.37 Å². The quantitative estimate of drug-likeness (QED) is 0.761. The van der Waals surface area contributed by atoms with E-state index in [0.29, 0.717) is 5.88 Å². The Labute approximate surface area is 111 Å². The first-order valence-electron chi connectivity index (χ1n) is 6.43. The predicted molar refractivity (Wildman–Crippen MR) is 71.4 cm³/mol. The minimum Gasteiger partial charge on any atom is -0.321 e. The van der Waals surface area contributed by atoms with Gasteiger partial charge >= 0.3 is 0 Å². The molecule has 1 fully saturated rings. The third-order valence-electron chi connectivity index (χ3n) is 4.22. The van der Waals surface area contributed by atoms with E-state index in [4.69, 9.17) is 11.6 Å². The highest BCUT2D eigenvalue weighted by molar-refractivity contribution is 6.16. The highest BCUT2D eigenvalue weighted by Gasteiger charge is 2.39. The van der Waals surface area contributed by atoms with Crippen LogP contribution in [0.2, 0.25) is 0 Å². The van der Waals surface area contributed by atoms with Crippen LogP contribution < -0.4 is 0 Å². The van der Waals surface area contributed by atoms with Crippen molar-refractivity contribution in [2.24, 2.45) is 0 Å². The number of alkyl halides is 1. The summed E-state index contributed by atoms with van der Waals surface area (Å²) in [6.07, 6.45) is 4.54. The van der Waals surface area contributed by atoms with E-state index in [1.807, 2.05) is 0 Å². The van der Waals surface area contributed by atoms with Gasteiger partial charge in [-0.1, -0.05) is 6.92 Å². The average Bonchev–Trinajstić information content (AvgIpc) is 2.67. The Balaban J connectivity index is 2.27. The fraction of sp³-hybridized carbons (Fsp3) is 0.500. The Bertz CT molecular complexity index is 581. The van der Waals surface area contributed by atoms with Gasteiger partial charge in [0.1, 0.15) is 11.6 Å². The average molecular weight is 267 g/mol. The summed E-state index contributed by atoms with van der Waals surface area (Å²) in [6.45, 7) is 2.18. The zero-order valence-corrected chi connectivity index (χ0v) is 11.2. The smallest absolute Gasteiger partial charge is 0.125 e. The maximum atomic E-state index is 13.5. The van der Waals surface area contributed by atoms with Gasteiger partial charge in [0.25, 0.3) is 0 Å². The lowest BCUT2D eigenvalue weighted by atomic mass is 9.74. The van der Waals surface area contributed by atoms with Crippen LogP contribution >= 0.6 is 11.6 Å². The summed E-state index contributed by atoms with van der Waals surface area (Å²) in [6, 6.07) is 4.77. The molecule has 2 nitrogen and oxygen atoms in total. The lowest BCUT2D eigenvalue weighted by Gasteiger charge is -2.44. The number of halogens is 2. The summed E-state index contributed by atoms with van der Waals surface area (Å²) < 4.78 is 15.7. The lowest BCUT2D eigenvalue weighted by molar-refractivity contribution is 0.138. The molecule has 0 radical (unpaired) electrons. The molecule has 2 aromatic rings. The van der Waals surface area contributed by atoms with Crippen LogP contribution in [-0.2, 0) is 11.4 Å². The van der Waals surface area contributed by atoms with Crippen LogP contribution in [0.3, 0.4) is 0 Å². The van der Waals surface area contributed by atoms with Crippen LogP contribution in [-0.4, -0.2) is 9.55 Å². The van der Waals surface area contributed by atoms with Gasteiger partial charge in [-0.05, 0) is 43.9 Å². The van der Waals surface area contributed by atoms with Gasteiger partial charge in [-0.3, -0.25) is 0 Å². The zero-order chi connectivity index (χ0) is 12.8. The van der Waals surface area contributed by atoms with Crippen molar-refractivity contribution < 1.29 is 4.39 Å². The van der Waals surface area contributed by atoms with Crippen LogP contribution in [0.5, 0.6) is 0 Å². The van der Waals surface area contributed by atoms with Crippen molar-refractivity contribution in [1.29, 1.82) is 0 Å². The molecule has 1 aromatic carbocycles. The Hall–Kier alpha value is -1.09. The van der Waals surface area contributed by atoms with Gasteiger partial charge in [0.2, 0.25) is 0 Å². The van der Waals surface area contributed by atoms with Crippen LogP contribution in [0, 0.1) is 5.82 Å². The van der Waals surface area contributed by atoms with Gasteiger partial charge in [0.05, 0.1) is 16.9 Å². The Morgan fingerprint density at radius 1 is 1.44 bits per heavy atom. The molecule has 0 N–H and O–H groups in total. The van der Waals surface area contributed by atoms with E-state index >= 15 is 0 Å². The highest BCUT2D eigenvalue weighted by atomic mass is 35.5. The van der Waals surface area contributed by atoms with Crippen molar-refractivity contribution in [3.63, 3.8) is 0 Å². The second kappa shape index (κ2) is 4.23. The molecule has 1 aromatic heterocycles. The van der Waals surface area contributed by atoms with E-state index in [0.717, 1.165) is 36.1 Å². The summed E-state index contributed by atoms with van der Waals surface area (Å²) >= 11 is 6.01. The number of hydrogen-bond acceptors (Lipinski definition) is 1. The Morgan fingerprint density at radius 2 is 2.22 bits per heavy atom. The van der Waals surface area contributed by atoms with Crippen molar-refractivity contribution in [1.82, 2.24) is 9.55 Å². The molecule has 96 valence electrons. The molecule has 4 heteroatoms. The summed E-state index contributed by atoms with van der Waals surface area (Å²) in [5, 5.41) is 0. The number of fused-ring (bicyclic) bond motifs is 1. The first-order chi connectivity index (χ1) is 8.70. The minimum absolute atomic E-state index is 0.104. The molecule has 1 aliphatic rings. The van der Waals surface area contributed by atoms with E-state index in [1.165, 1.54) is 12.5 Å². The minimum atomic E-state index is -0.213. The maximum Gasteiger partial charge on any atom is 0.125 e. The molecule has 0 aliphatic heterocycles. The molecule has 0 saturated heterocycles. The van der Waals surface area contributed by atoms with Crippen molar-refractivity contribution in [3.8, 4) is 0 Å². The molecule has 0 atom stereocenters. The fourth-order valence-electron chi connectivity index (χ4n) is 3.04. The van der Waals surface area contributed by atoms with E-state index in [-0.39, 0.29) is 11.4 Å². The van der Waals surface area contributed by atoms with E-state index in [2.05, 4.69) is 16.5 Å². The third-order valence-corrected chi connectivity index (χ3v) is 4.46. The largest absolute Gasteiger partial charge is 0.321 e. The Kier molecular flexibility index (Phi) is 2.81. The van der Waals surface area contributed by atoms with Gasteiger partial charge in [0, 0.05) is 5.54 Å². The second-order valence-electron chi connectivity index (χ2n) is 5.06. The summed E-state index contributed by atoms with van der Waals surface area (Å²) in [5.41, 5.74) is 1.83.